The lowest BCUT2D eigenvalue weighted by molar-refractivity contribution is -0.131. The minimum atomic E-state index is -0.385. The molecule has 1 heterocycles. The first-order valence-electron chi connectivity index (χ1n) is 7.87. The van der Waals surface area contributed by atoms with E-state index in [0.29, 0.717) is 5.16 Å². The number of hydrogen-bond donors (Lipinski definition) is 0. The topological polar surface area (TPSA) is 52.1 Å². The highest BCUT2D eigenvalue weighted by molar-refractivity contribution is 7.98. The summed E-state index contributed by atoms with van der Waals surface area (Å²) in [5, 5.41) is 0.814. The maximum atomic E-state index is 12.6. The first kappa shape index (κ1) is 14.8. The zero-order valence-electron chi connectivity index (χ0n) is 12.5. The highest BCUT2D eigenvalue weighted by Gasteiger charge is 2.53. The number of carbonyl (C=O) groups is 1. The summed E-state index contributed by atoms with van der Waals surface area (Å²) in [5.41, 5.74) is -0.0589. The third-order valence-electron chi connectivity index (χ3n) is 5.39. The molecule has 0 aromatic carbocycles. The van der Waals surface area contributed by atoms with Crippen molar-refractivity contribution in [1.29, 1.82) is 0 Å². The summed E-state index contributed by atoms with van der Waals surface area (Å²) in [6, 6.07) is 0. The van der Waals surface area contributed by atoms with Gasteiger partial charge in [0.05, 0.1) is 11.2 Å². The Morgan fingerprint density at radius 1 is 1.27 bits per heavy atom. The van der Waals surface area contributed by atoms with Crippen molar-refractivity contribution in [2.75, 3.05) is 6.26 Å². The van der Waals surface area contributed by atoms with Gasteiger partial charge >= 0.3 is 5.97 Å². The van der Waals surface area contributed by atoms with Gasteiger partial charge < -0.3 is 4.74 Å². The van der Waals surface area contributed by atoms with Crippen LogP contribution < -0.4 is 0 Å². The predicted octanol–water partition coefficient (Wildman–Crippen LogP) is 3.98. The largest absolute Gasteiger partial charge is 0.454 e. The van der Waals surface area contributed by atoms with Crippen LogP contribution in [0.25, 0.3) is 0 Å². The van der Waals surface area contributed by atoms with Gasteiger partial charge in [0, 0.05) is 0 Å². The summed E-state index contributed by atoms with van der Waals surface area (Å²) in [6.07, 6.45) is 10.4. The standard InChI is InChI=1S/C16H19ClN2O2S/c1-22-15-18-8-12(17)13(19-15)14(20)21-16-5-9-2-10(6-16)4-11(3-9)7-16/h8-11H,2-7H2,1H3. The molecule has 118 valence electrons. The summed E-state index contributed by atoms with van der Waals surface area (Å²) >= 11 is 7.49. The van der Waals surface area contributed by atoms with Gasteiger partial charge in [0.25, 0.3) is 0 Å². The molecule has 4 aliphatic rings. The molecule has 0 unspecified atom stereocenters. The second kappa shape index (κ2) is 5.38. The van der Waals surface area contributed by atoms with Gasteiger partial charge in [0.1, 0.15) is 5.60 Å². The molecule has 4 saturated carbocycles. The number of carbonyl (C=O) groups excluding carboxylic acids is 1. The molecule has 4 bridgehead atoms. The molecular formula is C16H19ClN2O2S. The normalized spacial score (nSPS) is 35.6. The Morgan fingerprint density at radius 2 is 1.86 bits per heavy atom. The smallest absolute Gasteiger partial charge is 0.359 e. The number of rotatable bonds is 3. The van der Waals surface area contributed by atoms with Gasteiger partial charge in [0.15, 0.2) is 10.9 Å². The van der Waals surface area contributed by atoms with Gasteiger partial charge in [-0.3, -0.25) is 0 Å². The highest BCUT2D eigenvalue weighted by atomic mass is 35.5. The maximum Gasteiger partial charge on any atom is 0.359 e. The fourth-order valence-corrected chi connectivity index (χ4v) is 5.50. The van der Waals surface area contributed by atoms with Crippen molar-refractivity contribution in [2.45, 2.75) is 49.3 Å². The van der Waals surface area contributed by atoms with E-state index < -0.39 is 0 Å². The molecule has 4 fully saturated rings. The highest BCUT2D eigenvalue weighted by Crippen LogP contribution is 2.57. The molecule has 0 amide bonds. The van der Waals surface area contributed by atoms with Gasteiger partial charge in [0.2, 0.25) is 0 Å². The lowest BCUT2D eigenvalue weighted by Crippen LogP contribution is -2.52. The molecule has 1 aromatic heterocycles. The number of halogens is 1. The molecule has 0 aliphatic heterocycles. The quantitative estimate of drug-likeness (QED) is 0.474. The Balaban J connectivity index is 1.57. The van der Waals surface area contributed by atoms with E-state index in [-0.39, 0.29) is 22.3 Å². The van der Waals surface area contributed by atoms with E-state index in [1.54, 1.807) is 0 Å². The van der Waals surface area contributed by atoms with E-state index in [9.17, 15) is 4.79 Å². The molecule has 22 heavy (non-hydrogen) atoms. The summed E-state index contributed by atoms with van der Waals surface area (Å²) in [5.74, 6) is 1.83. The Morgan fingerprint density at radius 3 is 2.41 bits per heavy atom. The summed E-state index contributed by atoms with van der Waals surface area (Å²) in [7, 11) is 0. The van der Waals surface area contributed by atoms with Crippen molar-refractivity contribution in [2.24, 2.45) is 17.8 Å². The molecule has 0 atom stereocenters. The van der Waals surface area contributed by atoms with Crippen molar-refractivity contribution in [1.82, 2.24) is 9.97 Å². The fourth-order valence-electron chi connectivity index (χ4n) is 4.99. The predicted molar refractivity (Wildman–Crippen MR) is 85.1 cm³/mol. The Hall–Kier alpha value is -0.810. The number of nitrogens with zero attached hydrogens (tertiary/aromatic N) is 2. The molecule has 0 spiro atoms. The van der Waals surface area contributed by atoms with Crippen molar-refractivity contribution < 1.29 is 9.53 Å². The monoisotopic (exact) mass is 338 g/mol. The summed E-state index contributed by atoms with van der Waals surface area (Å²) in [6.45, 7) is 0. The minimum absolute atomic E-state index is 0.205. The van der Waals surface area contributed by atoms with E-state index in [0.717, 1.165) is 37.0 Å². The number of aromatic nitrogens is 2. The van der Waals surface area contributed by atoms with E-state index in [4.69, 9.17) is 16.3 Å². The Labute approximate surface area is 139 Å². The third kappa shape index (κ3) is 2.52. The molecular weight excluding hydrogens is 320 g/mol. The van der Waals surface area contributed by atoms with Crippen LogP contribution in [0.3, 0.4) is 0 Å². The van der Waals surface area contributed by atoms with Crippen molar-refractivity contribution >= 4 is 29.3 Å². The van der Waals surface area contributed by atoms with Crippen molar-refractivity contribution in [3.8, 4) is 0 Å². The molecule has 1 aromatic rings. The molecule has 0 N–H and O–H groups in total. The summed E-state index contributed by atoms with van der Waals surface area (Å²) < 4.78 is 5.99. The number of thioether (sulfide) groups is 1. The van der Waals surface area contributed by atoms with Crippen LogP contribution in [0, 0.1) is 17.8 Å². The van der Waals surface area contributed by atoms with Crippen LogP contribution in [0.1, 0.15) is 49.0 Å². The zero-order chi connectivity index (χ0) is 15.3. The SMILES string of the molecule is CSc1ncc(Cl)c(C(=O)OC23CC4CC(CC(C4)C2)C3)n1. The van der Waals surface area contributed by atoms with Gasteiger partial charge in [-0.1, -0.05) is 23.4 Å². The Bertz CT molecular complexity index is 587. The van der Waals surface area contributed by atoms with Crippen LogP contribution in [0.2, 0.25) is 5.02 Å². The molecule has 4 nitrogen and oxygen atoms in total. The van der Waals surface area contributed by atoms with E-state index in [2.05, 4.69) is 9.97 Å². The molecule has 0 saturated heterocycles. The lowest BCUT2D eigenvalue weighted by Gasteiger charge is -2.55. The average molecular weight is 339 g/mol. The van der Waals surface area contributed by atoms with Crippen LogP contribution in [0.4, 0.5) is 0 Å². The van der Waals surface area contributed by atoms with Gasteiger partial charge in [-0.05, 0) is 62.5 Å². The van der Waals surface area contributed by atoms with Crippen LogP contribution in [-0.2, 0) is 4.74 Å². The van der Waals surface area contributed by atoms with Crippen LogP contribution in [0.5, 0.6) is 0 Å². The molecule has 0 radical (unpaired) electrons. The third-order valence-corrected chi connectivity index (χ3v) is 6.23. The second-order valence-corrected chi connectivity index (χ2v) is 8.22. The first-order chi connectivity index (χ1) is 10.6. The average Bonchev–Trinajstić information content (AvgIpc) is 2.45. The van der Waals surface area contributed by atoms with E-state index in [1.807, 2.05) is 6.26 Å². The van der Waals surface area contributed by atoms with E-state index >= 15 is 0 Å². The number of ether oxygens (including phenoxy) is 1. The van der Waals surface area contributed by atoms with Crippen LogP contribution in [-0.4, -0.2) is 27.8 Å². The van der Waals surface area contributed by atoms with Gasteiger partial charge in [-0.25, -0.2) is 14.8 Å². The summed E-state index contributed by atoms with van der Waals surface area (Å²) in [4.78, 5) is 20.9. The van der Waals surface area contributed by atoms with E-state index in [1.165, 1.54) is 37.2 Å². The van der Waals surface area contributed by atoms with Gasteiger partial charge in [-0.2, -0.15) is 0 Å². The zero-order valence-corrected chi connectivity index (χ0v) is 14.1. The number of esters is 1. The molecule has 4 aliphatic carbocycles. The maximum absolute atomic E-state index is 12.6. The van der Waals surface area contributed by atoms with Gasteiger partial charge in [-0.15, -0.1) is 0 Å². The molecule has 5 rings (SSSR count). The van der Waals surface area contributed by atoms with Crippen molar-refractivity contribution in [3.63, 3.8) is 0 Å². The van der Waals surface area contributed by atoms with Crippen LogP contribution in [0.15, 0.2) is 11.4 Å². The Kier molecular flexibility index (Phi) is 3.61. The molecule has 6 heteroatoms. The van der Waals surface area contributed by atoms with Crippen LogP contribution >= 0.6 is 23.4 Å². The lowest BCUT2D eigenvalue weighted by atomic mass is 9.54. The first-order valence-corrected chi connectivity index (χ1v) is 9.47. The second-order valence-electron chi connectivity index (χ2n) is 7.04. The number of hydrogen-bond acceptors (Lipinski definition) is 5. The van der Waals surface area contributed by atoms with Crippen molar-refractivity contribution in [3.05, 3.63) is 16.9 Å². The fraction of sp³-hybridized carbons (Fsp3) is 0.688. The minimum Gasteiger partial charge on any atom is -0.454 e.